The maximum Gasteiger partial charge on any atom is 0.212 e. The van der Waals surface area contributed by atoms with E-state index in [0.717, 1.165) is 39.5 Å². The second kappa shape index (κ2) is 10.8. The van der Waals surface area contributed by atoms with Crippen molar-refractivity contribution in [3.8, 4) is 22.5 Å². The van der Waals surface area contributed by atoms with Crippen LogP contribution in [0.3, 0.4) is 0 Å². The Bertz CT molecular complexity index is 1550. The Balaban J connectivity index is 0.000000228. The van der Waals surface area contributed by atoms with E-state index in [1.54, 1.807) is 12.1 Å². The summed E-state index contributed by atoms with van der Waals surface area (Å²) < 4.78 is 57.7. The topological polar surface area (TPSA) is 7.76 Å². The summed E-state index contributed by atoms with van der Waals surface area (Å²) in [4.78, 5) is 0. The van der Waals surface area contributed by atoms with Crippen molar-refractivity contribution in [1.82, 2.24) is 0 Å². The molecule has 4 rings (SSSR count). The molecule has 0 amide bonds. The van der Waals surface area contributed by atoms with Crippen molar-refractivity contribution in [2.24, 2.45) is 14.1 Å². The number of aryl methyl sites for hydroxylation is 3. The lowest BCUT2D eigenvalue weighted by Crippen LogP contribution is -2.36. The van der Waals surface area contributed by atoms with Crippen molar-refractivity contribution < 1.29 is 18.7 Å². The first kappa shape index (κ1) is 17.2. The van der Waals surface area contributed by atoms with Gasteiger partial charge in [-0.3, -0.25) is 0 Å². The van der Waals surface area contributed by atoms with Crippen LogP contribution in [0.25, 0.3) is 22.5 Å². The fraction of sp³-hybridized carbons (Fsp3) is 0.312. The number of nitrogens with zero attached hydrogens (tertiary/aromatic N) is 2. The van der Waals surface area contributed by atoms with Crippen LogP contribution in [0.5, 0.6) is 0 Å². The zero-order chi connectivity index (χ0) is 30.9. The third-order valence-corrected chi connectivity index (χ3v) is 6.57. The minimum Gasteiger partial charge on any atom is -0.198 e. The molecule has 0 aliphatic heterocycles. The van der Waals surface area contributed by atoms with E-state index >= 15 is 0 Å². The highest BCUT2D eigenvalue weighted by molar-refractivity contribution is 5.61. The monoisotopic (exact) mass is 459 g/mol. The van der Waals surface area contributed by atoms with Gasteiger partial charge in [0.15, 0.2) is 11.4 Å². The summed E-state index contributed by atoms with van der Waals surface area (Å²) >= 11 is 0. The van der Waals surface area contributed by atoms with Crippen molar-refractivity contribution in [1.29, 1.82) is 0 Å². The van der Waals surface area contributed by atoms with Crippen LogP contribution in [-0.2, 0) is 14.1 Å². The van der Waals surface area contributed by atoms with Gasteiger partial charge in [-0.1, -0.05) is 50.2 Å². The lowest BCUT2D eigenvalue weighted by molar-refractivity contribution is -0.667. The van der Waals surface area contributed by atoms with Gasteiger partial charge in [0.05, 0.1) is 0 Å². The zero-order valence-corrected chi connectivity index (χ0v) is 21.3. The van der Waals surface area contributed by atoms with Crippen molar-refractivity contribution in [2.45, 2.75) is 54.2 Å². The van der Waals surface area contributed by atoms with Crippen LogP contribution in [0.4, 0.5) is 0 Å². The molecule has 2 heteroatoms. The standard InChI is InChI=1S/C17H22N.C15H18N/c1-12(2)15-10-11-17(18(5)14(15)4)16-9-7-6-8-13(16)3;1-11-9-10-15(16(4)13(11)3)14-8-6-5-7-12(14)2/h6-12H,1-5H3;5-10H,1-4H3/q2*+1/i1D3,12D;1D3. The Kier molecular flexibility index (Phi) is 5.46. The highest BCUT2D eigenvalue weighted by atomic mass is 14.9. The number of benzene rings is 2. The van der Waals surface area contributed by atoms with E-state index in [2.05, 4.69) is 32.0 Å². The third kappa shape index (κ3) is 5.28. The van der Waals surface area contributed by atoms with Crippen LogP contribution in [0.1, 0.15) is 62.9 Å². The summed E-state index contributed by atoms with van der Waals surface area (Å²) in [6.07, 6.45) is 0. The summed E-state index contributed by atoms with van der Waals surface area (Å²) in [7, 11) is 3.82. The molecule has 1 atom stereocenters. The lowest BCUT2D eigenvalue weighted by atomic mass is 9.98. The van der Waals surface area contributed by atoms with Crippen molar-refractivity contribution in [2.75, 3.05) is 0 Å². The van der Waals surface area contributed by atoms with E-state index in [0.29, 0.717) is 11.1 Å². The second-order valence-electron chi connectivity index (χ2n) is 8.81. The summed E-state index contributed by atoms with van der Waals surface area (Å²) in [5, 5.41) is 0. The van der Waals surface area contributed by atoms with Gasteiger partial charge in [-0.25, -0.2) is 0 Å². The molecule has 4 aromatic rings. The Morgan fingerprint density at radius 2 is 1.15 bits per heavy atom. The molecular formula is C32H40N2+2. The van der Waals surface area contributed by atoms with Crippen LogP contribution in [0, 0.1) is 34.5 Å². The number of pyridine rings is 2. The molecule has 0 spiro atoms. The van der Waals surface area contributed by atoms with E-state index in [9.17, 15) is 0 Å². The normalized spacial score (nSPS) is 16.3. The number of aromatic nitrogens is 2. The van der Waals surface area contributed by atoms with Gasteiger partial charge in [0.1, 0.15) is 14.1 Å². The van der Waals surface area contributed by atoms with E-state index in [-0.39, 0.29) is 0 Å². The number of rotatable bonds is 3. The van der Waals surface area contributed by atoms with Crippen LogP contribution in [0.2, 0.25) is 0 Å². The molecule has 0 aliphatic rings. The van der Waals surface area contributed by atoms with Crippen LogP contribution < -0.4 is 9.13 Å². The number of hydrogen-bond donors (Lipinski definition) is 0. The molecule has 34 heavy (non-hydrogen) atoms. The van der Waals surface area contributed by atoms with Crippen molar-refractivity contribution in [3.63, 3.8) is 0 Å². The lowest BCUT2D eigenvalue weighted by Gasteiger charge is -2.11. The molecule has 2 heterocycles. The minimum absolute atomic E-state index is 0.410. The zero-order valence-electron chi connectivity index (χ0n) is 28.3. The van der Waals surface area contributed by atoms with E-state index in [1.807, 2.05) is 79.5 Å². The van der Waals surface area contributed by atoms with Crippen molar-refractivity contribution >= 4 is 0 Å². The second-order valence-corrected chi connectivity index (χ2v) is 8.81. The van der Waals surface area contributed by atoms with Gasteiger partial charge >= 0.3 is 0 Å². The first-order chi connectivity index (χ1) is 18.9. The maximum atomic E-state index is 8.30. The smallest absolute Gasteiger partial charge is 0.198 e. The van der Waals surface area contributed by atoms with Gasteiger partial charge in [0, 0.05) is 57.8 Å². The first-order valence-corrected chi connectivity index (χ1v) is 11.5. The predicted octanol–water partition coefficient (Wildman–Crippen LogP) is 7.02. The molecule has 1 unspecified atom stereocenters. The largest absolute Gasteiger partial charge is 0.212 e. The molecule has 2 nitrogen and oxygen atoms in total. The maximum absolute atomic E-state index is 8.30. The molecule has 0 radical (unpaired) electrons. The Hall–Kier alpha value is -3.26. The van der Waals surface area contributed by atoms with Crippen LogP contribution in [-0.4, -0.2) is 0 Å². The molecule has 0 N–H and O–H groups in total. The van der Waals surface area contributed by atoms with E-state index < -0.39 is 19.6 Å². The van der Waals surface area contributed by atoms with Gasteiger partial charge in [0.25, 0.3) is 0 Å². The summed E-state index contributed by atoms with van der Waals surface area (Å²) in [5.41, 5.74) is 9.15. The molecule has 0 bridgehead atoms. The van der Waals surface area contributed by atoms with Gasteiger partial charge < -0.3 is 0 Å². The van der Waals surface area contributed by atoms with Crippen LogP contribution >= 0.6 is 0 Å². The molecule has 2 aromatic carbocycles. The number of hydrogen-bond acceptors (Lipinski definition) is 0. The van der Waals surface area contributed by atoms with E-state index in [1.165, 1.54) is 12.5 Å². The predicted molar refractivity (Wildman–Crippen MR) is 144 cm³/mol. The summed E-state index contributed by atoms with van der Waals surface area (Å²) in [6.45, 7) is 4.86. The quantitative estimate of drug-likeness (QED) is 0.291. The fourth-order valence-corrected chi connectivity index (χ4v) is 4.17. The highest BCUT2D eigenvalue weighted by Crippen LogP contribution is 2.24. The fourth-order valence-electron chi connectivity index (χ4n) is 4.17. The summed E-state index contributed by atoms with van der Waals surface area (Å²) in [5.74, 6) is -1.63. The highest BCUT2D eigenvalue weighted by Gasteiger charge is 2.18. The van der Waals surface area contributed by atoms with Crippen LogP contribution in [0.15, 0.2) is 72.8 Å². The average Bonchev–Trinajstić information content (AvgIpc) is 2.87. The van der Waals surface area contributed by atoms with Gasteiger partial charge in [-0.05, 0) is 62.0 Å². The first-order valence-electron chi connectivity index (χ1n) is 15.0. The SMILES string of the molecule is [2H]C([2H])([2H])C([2H])(C)c1ccc(-c2ccccc2C)[n+](C)c1C.[2H]C([2H])([2H])c1ccc(-c2ccccc2C)[n+](C)c1C. The van der Waals surface area contributed by atoms with Gasteiger partial charge in [0.2, 0.25) is 11.4 Å². The molecular weight excluding hydrogens is 412 g/mol. The molecule has 0 aliphatic carbocycles. The molecule has 0 saturated carbocycles. The molecule has 0 fully saturated rings. The van der Waals surface area contributed by atoms with Gasteiger partial charge in [-0.2, -0.15) is 9.13 Å². The van der Waals surface area contributed by atoms with E-state index in [4.69, 9.17) is 9.60 Å². The Morgan fingerprint density at radius 1 is 0.647 bits per heavy atom. The summed E-state index contributed by atoms with van der Waals surface area (Å²) in [6, 6.07) is 23.5. The minimum atomic E-state index is -2.37. The molecule has 0 saturated heterocycles. The Morgan fingerprint density at radius 3 is 1.65 bits per heavy atom. The van der Waals surface area contributed by atoms with Gasteiger partial charge in [-0.15, -0.1) is 0 Å². The molecule has 2 aromatic heterocycles. The average molecular weight is 460 g/mol. The van der Waals surface area contributed by atoms with Crippen molar-refractivity contribution in [3.05, 3.63) is 106 Å². The Labute approximate surface area is 216 Å². The third-order valence-electron chi connectivity index (χ3n) is 6.57. The molecule has 176 valence electrons.